The lowest BCUT2D eigenvalue weighted by Gasteiger charge is -2.32. The Labute approximate surface area is 244 Å². The second-order valence-electron chi connectivity index (χ2n) is 10.5. The predicted molar refractivity (Wildman–Crippen MR) is 163 cm³/mol. The zero-order chi connectivity index (χ0) is 30.0. The van der Waals surface area contributed by atoms with Crippen molar-refractivity contribution in [2.75, 3.05) is 24.2 Å². The van der Waals surface area contributed by atoms with Gasteiger partial charge in [-0.25, -0.2) is 8.42 Å². The summed E-state index contributed by atoms with van der Waals surface area (Å²) in [6.07, 6.45) is 1.85. The number of sulfonamides is 1. The topological polar surface area (TPSA) is 96.0 Å². The second kappa shape index (κ2) is 14.7. The number of ether oxygens (including phenoxy) is 1. The van der Waals surface area contributed by atoms with Crippen LogP contribution in [-0.2, 0) is 32.6 Å². The number of carbonyl (C=O) groups excluding carboxylic acids is 2. The molecule has 0 spiro atoms. The van der Waals surface area contributed by atoms with E-state index in [1.165, 1.54) is 11.4 Å². The molecule has 0 fully saturated rings. The van der Waals surface area contributed by atoms with Crippen LogP contribution in [0.2, 0.25) is 0 Å². The number of carbonyl (C=O) groups is 2. The molecule has 0 aromatic heterocycles. The van der Waals surface area contributed by atoms with E-state index in [2.05, 4.69) is 5.32 Å². The summed E-state index contributed by atoms with van der Waals surface area (Å²) in [6, 6.07) is 23.5. The first-order chi connectivity index (χ1) is 19.5. The molecule has 0 saturated carbocycles. The molecule has 1 N–H and O–H groups in total. The minimum atomic E-state index is -3.61. The number of hydrogen-bond acceptors (Lipinski definition) is 5. The summed E-state index contributed by atoms with van der Waals surface area (Å²) in [6.45, 7) is 6.14. The highest BCUT2D eigenvalue weighted by atomic mass is 32.2. The normalized spacial score (nSPS) is 12.0. The fourth-order valence-electron chi connectivity index (χ4n) is 4.71. The van der Waals surface area contributed by atoms with Crippen molar-refractivity contribution in [2.24, 2.45) is 0 Å². The van der Waals surface area contributed by atoms with Crippen molar-refractivity contribution in [1.82, 2.24) is 10.2 Å². The molecule has 8 nitrogen and oxygen atoms in total. The van der Waals surface area contributed by atoms with Gasteiger partial charge in [0.05, 0.1) is 19.1 Å². The second-order valence-corrected chi connectivity index (χ2v) is 12.4. The largest absolute Gasteiger partial charge is 0.497 e. The third-order valence-corrected chi connectivity index (χ3v) is 7.82. The SMILES string of the molecule is COc1cccc(N(CCCC(=O)N(Cc2cccc(C)c2)C(Cc2ccccc2)C(=O)NC(C)C)S(C)(=O)=O)c1. The number of methoxy groups -OCH3 is 1. The molecule has 41 heavy (non-hydrogen) atoms. The molecule has 1 unspecified atom stereocenters. The molecule has 0 aliphatic heterocycles. The lowest BCUT2D eigenvalue weighted by atomic mass is 10.0. The van der Waals surface area contributed by atoms with Crippen LogP contribution >= 0.6 is 0 Å². The van der Waals surface area contributed by atoms with Crippen LogP contribution in [0.5, 0.6) is 5.75 Å². The fraction of sp³-hybridized carbons (Fsp3) is 0.375. The standard InChI is InChI=1S/C32H41N3O5S/c1-24(2)33-32(37)30(21-26-13-7-6-8-14-26)34(23-27-15-9-12-25(3)20-27)31(36)18-11-19-35(41(5,38)39)28-16-10-17-29(22-28)40-4/h6-10,12-17,20,22,24,30H,11,18-19,21,23H2,1-5H3,(H,33,37). The van der Waals surface area contributed by atoms with Gasteiger partial charge >= 0.3 is 0 Å². The van der Waals surface area contributed by atoms with Crippen molar-refractivity contribution >= 4 is 27.5 Å². The zero-order valence-electron chi connectivity index (χ0n) is 24.5. The average Bonchev–Trinajstić information content (AvgIpc) is 2.92. The van der Waals surface area contributed by atoms with Gasteiger partial charge in [-0.15, -0.1) is 0 Å². The van der Waals surface area contributed by atoms with E-state index < -0.39 is 16.1 Å². The maximum Gasteiger partial charge on any atom is 0.243 e. The van der Waals surface area contributed by atoms with Crippen LogP contribution < -0.4 is 14.4 Å². The summed E-state index contributed by atoms with van der Waals surface area (Å²) < 4.78 is 31.8. The van der Waals surface area contributed by atoms with Gasteiger partial charge in [-0.2, -0.15) is 0 Å². The minimum Gasteiger partial charge on any atom is -0.497 e. The van der Waals surface area contributed by atoms with Crippen LogP contribution in [0.1, 0.15) is 43.4 Å². The van der Waals surface area contributed by atoms with Gasteiger partial charge in [-0.05, 0) is 50.5 Å². The molecule has 1 atom stereocenters. The highest BCUT2D eigenvalue weighted by Crippen LogP contribution is 2.24. The van der Waals surface area contributed by atoms with Crippen molar-refractivity contribution in [2.45, 2.75) is 58.7 Å². The van der Waals surface area contributed by atoms with Crippen molar-refractivity contribution < 1.29 is 22.7 Å². The van der Waals surface area contributed by atoms with E-state index in [1.807, 2.05) is 75.4 Å². The zero-order valence-corrected chi connectivity index (χ0v) is 25.4. The smallest absolute Gasteiger partial charge is 0.243 e. The third-order valence-electron chi connectivity index (χ3n) is 6.63. The van der Waals surface area contributed by atoms with Gasteiger partial charge in [0.15, 0.2) is 0 Å². The minimum absolute atomic E-state index is 0.0715. The van der Waals surface area contributed by atoms with Gasteiger partial charge in [0.25, 0.3) is 0 Å². The highest BCUT2D eigenvalue weighted by Gasteiger charge is 2.31. The molecule has 9 heteroatoms. The summed E-state index contributed by atoms with van der Waals surface area (Å²) in [5, 5.41) is 2.99. The molecule has 2 amide bonds. The van der Waals surface area contributed by atoms with E-state index in [9.17, 15) is 18.0 Å². The number of aryl methyl sites for hydroxylation is 1. The number of hydrogen-bond donors (Lipinski definition) is 1. The van der Waals surface area contributed by atoms with Gasteiger partial charge in [-0.3, -0.25) is 13.9 Å². The van der Waals surface area contributed by atoms with Crippen LogP contribution in [0.25, 0.3) is 0 Å². The first-order valence-corrected chi connectivity index (χ1v) is 15.6. The van der Waals surface area contributed by atoms with E-state index in [0.29, 0.717) is 17.9 Å². The summed E-state index contributed by atoms with van der Waals surface area (Å²) in [7, 11) is -2.09. The van der Waals surface area contributed by atoms with Gasteiger partial charge in [0.1, 0.15) is 11.8 Å². The van der Waals surface area contributed by atoms with E-state index in [4.69, 9.17) is 4.74 Å². The van der Waals surface area contributed by atoms with E-state index in [-0.39, 0.29) is 43.8 Å². The van der Waals surface area contributed by atoms with Crippen molar-refractivity contribution in [3.63, 3.8) is 0 Å². The average molecular weight is 580 g/mol. The molecule has 3 aromatic carbocycles. The van der Waals surface area contributed by atoms with E-state index in [0.717, 1.165) is 22.9 Å². The Morgan fingerprint density at radius 3 is 2.24 bits per heavy atom. The number of nitrogens with one attached hydrogen (secondary N) is 1. The van der Waals surface area contributed by atoms with Gasteiger partial charge in [-0.1, -0.05) is 66.2 Å². The Balaban J connectivity index is 1.88. The number of amides is 2. The maximum absolute atomic E-state index is 13.9. The molecular weight excluding hydrogens is 538 g/mol. The Morgan fingerprint density at radius 2 is 1.61 bits per heavy atom. The van der Waals surface area contributed by atoms with Crippen LogP contribution in [0, 0.1) is 6.92 Å². The monoisotopic (exact) mass is 579 g/mol. The molecule has 220 valence electrons. The summed E-state index contributed by atoms with van der Waals surface area (Å²) in [5.74, 6) is 0.0981. The molecule has 0 heterocycles. The van der Waals surface area contributed by atoms with Crippen molar-refractivity contribution in [1.29, 1.82) is 0 Å². The molecule has 0 aliphatic carbocycles. The summed E-state index contributed by atoms with van der Waals surface area (Å²) in [4.78, 5) is 29.0. The maximum atomic E-state index is 13.9. The summed E-state index contributed by atoms with van der Waals surface area (Å²) >= 11 is 0. The molecule has 3 rings (SSSR count). The molecular formula is C32H41N3O5S. The van der Waals surface area contributed by atoms with E-state index >= 15 is 0 Å². The first-order valence-electron chi connectivity index (χ1n) is 13.8. The summed E-state index contributed by atoms with van der Waals surface area (Å²) in [5.41, 5.74) is 3.39. The number of benzene rings is 3. The quantitative estimate of drug-likeness (QED) is 0.298. The Bertz CT molecular complexity index is 1410. The lowest BCUT2D eigenvalue weighted by molar-refractivity contribution is -0.141. The van der Waals surface area contributed by atoms with Gasteiger partial charge < -0.3 is 15.0 Å². The Hall–Kier alpha value is -3.85. The van der Waals surface area contributed by atoms with Crippen molar-refractivity contribution in [3.8, 4) is 5.75 Å². The third kappa shape index (κ3) is 9.63. The number of rotatable bonds is 14. The Kier molecular flexibility index (Phi) is 11.3. The van der Waals surface area contributed by atoms with Gasteiger partial charge in [0, 0.05) is 38.0 Å². The van der Waals surface area contributed by atoms with Crippen molar-refractivity contribution in [3.05, 3.63) is 95.6 Å². The van der Waals surface area contributed by atoms with Crippen LogP contribution in [-0.4, -0.2) is 57.1 Å². The van der Waals surface area contributed by atoms with E-state index in [1.54, 1.807) is 29.2 Å². The van der Waals surface area contributed by atoms with Crippen LogP contribution in [0.4, 0.5) is 5.69 Å². The number of nitrogens with zero attached hydrogens (tertiary/aromatic N) is 2. The molecule has 0 aliphatic rings. The number of anilines is 1. The highest BCUT2D eigenvalue weighted by molar-refractivity contribution is 7.92. The molecule has 0 bridgehead atoms. The molecule has 0 radical (unpaired) electrons. The van der Waals surface area contributed by atoms with Crippen LogP contribution in [0.3, 0.4) is 0 Å². The fourth-order valence-corrected chi connectivity index (χ4v) is 5.67. The Morgan fingerprint density at radius 1 is 0.927 bits per heavy atom. The predicted octanol–water partition coefficient (Wildman–Crippen LogP) is 4.71. The van der Waals surface area contributed by atoms with Crippen LogP contribution in [0.15, 0.2) is 78.9 Å². The molecule has 3 aromatic rings. The first kappa shape index (κ1) is 31.7. The molecule has 0 saturated heterocycles. The van der Waals surface area contributed by atoms with Gasteiger partial charge in [0.2, 0.25) is 21.8 Å². The lowest BCUT2D eigenvalue weighted by Crippen LogP contribution is -2.51.